The third-order valence-electron chi connectivity index (χ3n) is 1.84. The van der Waals surface area contributed by atoms with Crippen molar-refractivity contribution in [3.8, 4) is 6.07 Å². The van der Waals surface area contributed by atoms with Gasteiger partial charge in [0.1, 0.15) is 0 Å². The van der Waals surface area contributed by atoms with Crippen molar-refractivity contribution in [1.29, 1.82) is 5.26 Å². The minimum absolute atomic E-state index is 0.160. The molecule has 5 heteroatoms. The summed E-state index contributed by atoms with van der Waals surface area (Å²) >= 11 is 0. The molecule has 0 aliphatic heterocycles. The van der Waals surface area contributed by atoms with Crippen molar-refractivity contribution >= 4 is 0 Å². The molecule has 0 heterocycles. The largest absolute Gasteiger partial charge is 0.401 e. The third-order valence-corrected chi connectivity index (χ3v) is 1.84. The van der Waals surface area contributed by atoms with Gasteiger partial charge in [-0.3, -0.25) is 4.90 Å². The molecule has 14 heavy (non-hydrogen) atoms. The standard InChI is InChI=1S/C9H15F3N2/c1-7(2)14(5-8(3)4-13)6-9(10,11)12/h7-8H,5-6H2,1-3H3. The van der Waals surface area contributed by atoms with E-state index in [1.807, 2.05) is 6.07 Å². The van der Waals surface area contributed by atoms with Crippen molar-refractivity contribution in [2.45, 2.75) is 33.0 Å². The normalized spacial score (nSPS) is 14.5. The predicted molar refractivity (Wildman–Crippen MR) is 47.5 cm³/mol. The second kappa shape index (κ2) is 5.20. The molecule has 2 nitrogen and oxygen atoms in total. The van der Waals surface area contributed by atoms with Crippen LogP contribution in [0.3, 0.4) is 0 Å². The van der Waals surface area contributed by atoms with Crippen LogP contribution < -0.4 is 0 Å². The number of halogens is 3. The van der Waals surface area contributed by atoms with Crippen molar-refractivity contribution in [3.05, 3.63) is 0 Å². The molecule has 1 unspecified atom stereocenters. The molecule has 0 aliphatic carbocycles. The molecule has 0 bridgehead atoms. The SMILES string of the molecule is CC(C#N)CN(CC(F)(F)F)C(C)C. The molecule has 0 saturated heterocycles. The Balaban J connectivity index is 4.25. The van der Waals surface area contributed by atoms with Gasteiger partial charge in [-0.15, -0.1) is 0 Å². The lowest BCUT2D eigenvalue weighted by Crippen LogP contribution is -2.41. The van der Waals surface area contributed by atoms with Crippen LogP contribution in [-0.2, 0) is 0 Å². The molecule has 0 radical (unpaired) electrons. The fraction of sp³-hybridized carbons (Fsp3) is 0.889. The Labute approximate surface area is 82.3 Å². The van der Waals surface area contributed by atoms with Crippen molar-refractivity contribution in [2.75, 3.05) is 13.1 Å². The van der Waals surface area contributed by atoms with Crippen LogP contribution in [0.1, 0.15) is 20.8 Å². The topological polar surface area (TPSA) is 27.0 Å². The number of hydrogen-bond acceptors (Lipinski definition) is 2. The molecular weight excluding hydrogens is 193 g/mol. The molecule has 0 aromatic rings. The highest BCUT2D eigenvalue weighted by atomic mass is 19.4. The maximum atomic E-state index is 12.1. The van der Waals surface area contributed by atoms with Crippen LogP contribution in [0.4, 0.5) is 13.2 Å². The van der Waals surface area contributed by atoms with Crippen molar-refractivity contribution in [2.24, 2.45) is 5.92 Å². The Morgan fingerprint density at radius 3 is 2.07 bits per heavy atom. The Bertz CT molecular complexity index is 205. The Morgan fingerprint density at radius 2 is 1.79 bits per heavy atom. The number of hydrogen-bond donors (Lipinski definition) is 0. The first-order valence-electron chi connectivity index (χ1n) is 4.46. The van der Waals surface area contributed by atoms with Crippen molar-refractivity contribution in [3.63, 3.8) is 0 Å². The fourth-order valence-corrected chi connectivity index (χ4v) is 1.08. The molecule has 0 saturated carbocycles. The average molecular weight is 208 g/mol. The Morgan fingerprint density at radius 1 is 1.29 bits per heavy atom. The van der Waals surface area contributed by atoms with Crippen LogP contribution in [-0.4, -0.2) is 30.2 Å². The van der Waals surface area contributed by atoms with Gasteiger partial charge in [0.2, 0.25) is 0 Å². The van der Waals surface area contributed by atoms with E-state index in [2.05, 4.69) is 0 Å². The number of alkyl halides is 3. The highest BCUT2D eigenvalue weighted by Gasteiger charge is 2.32. The molecule has 0 N–H and O–H groups in total. The lowest BCUT2D eigenvalue weighted by molar-refractivity contribution is -0.150. The van der Waals surface area contributed by atoms with Crippen LogP contribution in [0.5, 0.6) is 0 Å². The van der Waals surface area contributed by atoms with Gasteiger partial charge in [0.15, 0.2) is 0 Å². The fourth-order valence-electron chi connectivity index (χ4n) is 1.08. The van der Waals surface area contributed by atoms with Crippen LogP contribution >= 0.6 is 0 Å². The van der Waals surface area contributed by atoms with E-state index in [1.54, 1.807) is 20.8 Å². The monoisotopic (exact) mass is 208 g/mol. The summed E-state index contributed by atoms with van der Waals surface area (Å²) in [7, 11) is 0. The van der Waals surface area contributed by atoms with Crippen LogP contribution in [0.2, 0.25) is 0 Å². The average Bonchev–Trinajstić information content (AvgIpc) is 2.00. The molecule has 0 spiro atoms. The summed E-state index contributed by atoms with van der Waals surface area (Å²) in [6.45, 7) is 4.21. The summed E-state index contributed by atoms with van der Waals surface area (Å²) in [4.78, 5) is 1.26. The van der Waals surface area contributed by atoms with Crippen LogP contribution in [0, 0.1) is 17.2 Å². The van der Waals surface area contributed by atoms with Gasteiger partial charge in [-0.25, -0.2) is 0 Å². The molecule has 0 amide bonds. The lowest BCUT2D eigenvalue weighted by atomic mass is 10.1. The van der Waals surface area contributed by atoms with Crippen molar-refractivity contribution in [1.82, 2.24) is 4.90 Å². The quantitative estimate of drug-likeness (QED) is 0.709. The van der Waals surface area contributed by atoms with E-state index in [4.69, 9.17) is 5.26 Å². The smallest absolute Gasteiger partial charge is 0.291 e. The molecular formula is C9H15F3N2. The van der Waals surface area contributed by atoms with Gasteiger partial charge in [-0.1, -0.05) is 0 Å². The summed E-state index contributed by atoms with van der Waals surface area (Å²) in [5.41, 5.74) is 0. The molecule has 1 atom stereocenters. The third kappa shape index (κ3) is 5.81. The highest BCUT2D eigenvalue weighted by molar-refractivity contribution is 4.83. The molecule has 0 aromatic heterocycles. The van der Waals surface area contributed by atoms with Gasteiger partial charge in [0.05, 0.1) is 18.5 Å². The van der Waals surface area contributed by atoms with E-state index in [0.29, 0.717) is 0 Å². The summed E-state index contributed by atoms with van der Waals surface area (Å²) in [6.07, 6.45) is -4.19. The molecule has 0 fully saturated rings. The van der Waals surface area contributed by atoms with E-state index >= 15 is 0 Å². The van der Waals surface area contributed by atoms with E-state index in [1.165, 1.54) is 4.90 Å². The van der Waals surface area contributed by atoms with Gasteiger partial charge >= 0.3 is 6.18 Å². The minimum Gasteiger partial charge on any atom is -0.291 e. The summed E-state index contributed by atoms with van der Waals surface area (Å²) in [6, 6.07) is 1.73. The number of nitrogens with zero attached hydrogens (tertiary/aromatic N) is 2. The van der Waals surface area contributed by atoms with Gasteiger partial charge in [-0.05, 0) is 20.8 Å². The van der Waals surface area contributed by atoms with Crippen molar-refractivity contribution < 1.29 is 13.2 Å². The van der Waals surface area contributed by atoms with Gasteiger partial charge in [0, 0.05) is 12.6 Å². The summed E-state index contributed by atoms with van der Waals surface area (Å²) in [5.74, 6) is -0.375. The Hall–Kier alpha value is -0.760. The van der Waals surface area contributed by atoms with E-state index in [0.717, 1.165) is 0 Å². The van der Waals surface area contributed by atoms with E-state index in [9.17, 15) is 13.2 Å². The lowest BCUT2D eigenvalue weighted by Gasteiger charge is -2.28. The first kappa shape index (κ1) is 13.2. The predicted octanol–water partition coefficient (Wildman–Crippen LogP) is 2.42. The van der Waals surface area contributed by atoms with E-state index in [-0.39, 0.29) is 18.5 Å². The summed E-state index contributed by atoms with van der Waals surface area (Å²) < 4.78 is 36.3. The van der Waals surface area contributed by atoms with Crippen LogP contribution in [0.15, 0.2) is 0 Å². The number of rotatable bonds is 4. The second-order valence-electron chi connectivity index (χ2n) is 3.67. The Kier molecular flexibility index (Phi) is 4.92. The van der Waals surface area contributed by atoms with Crippen LogP contribution in [0.25, 0.3) is 0 Å². The molecule has 0 aromatic carbocycles. The van der Waals surface area contributed by atoms with Gasteiger partial charge in [-0.2, -0.15) is 18.4 Å². The zero-order chi connectivity index (χ0) is 11.4. The second-order valence-corrected chi connectivity index (χ2v) is 3.67. The molecule has 0 rings (SSSR count). The maximum Gasteiger partial charge on any atom is 0.401 e. The van der Waals surface area contributed by atoms with Gasteiger partial charge in [0.25, 0.3) is 0 Å². The first-order chi connectivity index (χ1) is 6.26. The highest BCUT2D eigenvalue weighted by Crippen LogP contribution is 2.18. The van der Waals surface area contributed by atoms with E-state index < -0.39 is 12.7 Å². The van der Waals surface area contributed by atoms with Gasteiger partial charge < -0.3 is 0 Å². The minimum atomic E-state index is -4.19. The molecule has 82 valence electrons. The first-order valence-corrected chi connectivity index (χ1v) is 4.46. The maximum absolute atomic E-state index is 12.1. The zero-order valence-corrected chi connectivity index (χ0v) is 8.60. The number of nitriles is 1. The zero-order valence-electron chi connectivity index (χ0n) is 8.60. The molecule has 0 aliphatic rings. The summed E-state index contributed by atoms with van der Waals surface area (Å²) in [5, 5.41) is 8.51.